The van der Waals surface area contributed by atoms with Gasteiger partial charge in [0, 0.05) is 11.6 Å². The van der Waals surface area contributed by atoms with E-state index in [1.165, 1.54) is 16.7 Å². The molecule has 0 spiro atoms. The zero-order valence-electron chi connectivity index (χ0n) is 16.7. The number of fused-ring (bicyclic) bond motifs is 1. The molecule has 2 aromatic carbocycles. The van der Waals surface area contributed by atoms with Crippen LogP contribution in [0.1, 0.15) is 48.3 Å². The third kappa shape index (κ3) is 4.18. The average Bonchev–Trinajstić information content (AvgIpc) is 3.14. The van der Waals surface area contributed by atoms with Crippen LogP contribution in [0.4, 0.5) is 0 Å². The molecule has 4 heteroatoms. The van der Waals surface area contributed by atoms with Gasteiger partial charge in [-0.25, -0.2) is 0 Å². The van der Waals surface area contributed by atoms with Crippen molar-refractivity contribution in [3.05, 3.63) is 59.2 Å². The fourth-order valence-corrected chi connectivity index (χ4v) is 4.74. The van der Waals surface area contributed by atoms with Gasteiger partial charge < -0.3 is 20.3 Å². The Hall–Kier alpha value is -2.04. The molecule has 1 fully saturated rings. The van der Waals surface area contributed by atoms with Crippen LogP contribution in [-0.2, 0) is 12.8 Å². The van der Waals surface area contributed by atoms with E-state index < -0.39 is 0 Å². The molecule has 3 N–H and O–H groups in total. The summed E-state index contributed by atoms with van der Waals surface area (Å²) in [5.41, 5.74) is 10.2. The van der Waals surface area contributed by atoms with Crippen molar-refractivity contribution in [2.24, 2.45) is 11.7 Å². The van der Waals surface area contributed by atoms with Crippen LogP contribution in [0, 0.1) is 5.92 Å². The van der Waals surface area contributed by atoms with Crippen LogP contribution in [0.5, 0.6) is 11.5 Å². The number of aliphatic hydroxyl groups excluding tert-OH is 1. The van der Waals surface area contributed by atoms with Gasteiger partial charge in [-0.3, -0.25) is 0 Å². The van der Waals surface area contributed by atoms with E-state index >= 15 is 0 Å². The summed E-state index contributed by atoms with van der Waals surface area (Å²) in [5.74, 6) is 2.73. The molecule has 3 atom stereocenters. The van der Waals surface area contributed by atoms with Crippen molar-refractivity contribution >= 4 is 0 Å². The third-order valence-electron chi connectivity index (χ3n) is 6.52. The monoisotopic (exact) mass is 381 g/mol. The molecule has 0 heterocycles. The molecule has 0 aromatic heterocycles. The topological polar surface area (TPSA) is 64.7 Å². The van der Waals surface area contributed by atoms with Crippen molar-refractivity contribution in [2.45, 2.75) is 50.0 Å². The smallest absolute Gasteiger partial charge is 0.122 e. The minimum atomic E-state index is -0.386. The standard InChI is InChI=1S/C24H31NO3/c1-27-22-3-2-4-23(13-22)28-15-17-5-6-19-12-20(8-7-18(19)11-17)21-9-10-24(25,14-21)16-26/h2-4,7-8,12-13,17,21,26H,5-6,9-11,14-16,25H2,1H3/t17-,21-,24+/m0/s1. The molecular weight excluding hydrogens is 350 g/mol. The van der Waals surface area contributed by atoms with E-state index in [4.69, 9.17) is 15.2 Å². The van der Waals surface area contributed by atoms with Crippen molar-refractivity contribution in [1.82, 2.24) is 0 Å². The first-order valence-electron chi connectivity index (χ1n) is 10.4. The van der Waals surface area contributed by atoms with Crippen molar-refractivity contribution in [1.29, 1.82) is 0 Å². The Morgan fingerprint density at radius 3 is 2.75 bits per heavy atom. The van der Waals surface area contributed by atoms with Gasteiger partial charge in [0.2, 0.25) is 0 Å². The van der Waals surface area contributed by atoms with Gasteiger partial charge in [-0.1, -0.05) is 24.3 Å². The van der Waals surface area contributed by atoms with Crippen molar-refractivity contribution < 1.29 is 14.6 Å². The van der Waals surface area contributed by atoms with Crippen molar-refractivity contribution in [2.75, 3.05) is 20.3 Å². The number of aryl methyl sites for hydroxylation is 1. The van der Waals surface area contributed by atoms with Gasteiger partial charge in [-0.2, -0.15) is 0 Å². The maximum atomic E-state index is 9.53. The minimum absolute atomic E-state index is 0.0867. The number of ether oxygens (including phenoxy) is 2. The van der Waals surface area contributed by atoms with Crippen LogP contribution < -0.4 is 15.2 Å². The van der Waals surface area contributed by atoms with E-state index in [-0.39, 0.29) is 12.1 Å². The summed E-state index contributed by atoms with van der Waals surface area (Å²) in [7, 11) is 1.67. The molecule has 1 saturated carbocycles. The van der Waals surface area contributed by atoms with E-state index in [9.17, 15) is 5.11 Å². The highest BCUT2D eigenvalue weighted by atomic mass is 16.5. The van der Waals surface area contributed by atoms with Gasteiger partial charge in [-0.05, 0) is 79.2 Å². The highest BCUT2D eigenvalue weighted by molar-refractivity contribution is 5.37. The first-order valence-corrected chi connectivity index (χ1v) is 10.4. The molecule has 0 radical (unpaired) electrons. The lowest BCUT2D eigenvalue weighted by atomic mass is 9.82. The minimum Gasteiger partial charge on any atom is -0.497 e. The second kappa shape index (κ2) is 8.14. The van der Waals surface area contributed by atoms with E-state index in [1.807, 2.05) is 24.3 Å². The molecule has 0 amide bonds. The maximum absolute atomic E-state index is 9.53. The maximum Gasteiger partial charge on any atom is 0.122 e. The number of hydrogen-bond acceptors (Lipinski definition) is 4. The van der Waals surface area contributed by atoms with Gasteiger partial charge in [0.25, 0.3) is 0 Å². The summed E-state index contributed by atoms with van der Waals surface area (Å²) in [4.78, 5) is 0. The molecule has 4 rings (SSSR count). The highest BCUT2D eigenvalue weighted by Gasteiger charge is 2.36. The Morgan fingerprint density at radius 1 is 1.11 bits per heavy atom. The molecular formula is C24H31NO3. The zero-order chi connectivity index (χ0) is 19.6. The molecule has 28 heavy (non-hydrogen) atoms. The van der Waals surface area contributed by atoms with Crippen molar-refractivity contribution in [3.63, 3.8) is 0 Å². The lowest BCUT2D eigenvalue weighted by Crippen LogP contribution is -2.40. The molecule has 0 saturated heterocycles. The molecule has 150 valence electrons. The zero-order valence-corrected chi connectivity index (χ0v) is 16.7. The van der Waals surface area contributed by atoms with E-state index in [2.05, 4.69) is 18.2 Å². The third-order valence-corrected chi connectivity index (χ3v) is 6.52. The summed E-state index contributed by atoms with van der Waals surface area (Å²) in [6.07, 6.45) is 6.21. The van der Waals surface area contributed by atoms with Crippen LogP contribution >= 0.6 is 0 Å². The largest absolute Gasteiger partial charge is 0.497 e. The Balaban J connectivity index is 1.37. The fourth-order valence-electron chi connectivity index (χ4n) is 4.74. The van der Waals surface area contributed by atoms with E-state index in [1.54, 1.807) is 7.11 Å². The second-order valence-corrected chi connectivity index (χ2v) is 8.59. The number of rotatable bonds is 6. The lowest BCUT2D eigenvalue weighted by Gasteiger charge is -2.26. The SMILES string of the molecule is COc1cccc(OC[C@H]2CCc3cc([C@H]4CC[C@](N)(CO)C4)ccc3C2)c1. The van der Waals surface area contributed by atoms with Crippen LogP contribution in [0.3, 0.4) is 0 Å². The second-order valence-electron chi connectivity index (χ2n) is 8.59. The van der Waals surface area contributed by atoms with Gasteiger partial charge in [0.05, 0.1) is 20.3 Å². The summed E-state index contributed by atoms with van der Waals surface area (Å²) in [6, 6.07) is 14.8. The molecule has 2 aromatic rings. The normalized spacial score (nSPS) is 26.7. The first kappa shape index (κ1) is 19.3. The molecule has 0 aliphatic heterocycles. The predicted octanol–water partition coefficient (Wildman–Crippen LogP) is 3.84. The van der Waals surface area contributed by atoms with Gasteiger partial charge >= 0.3 is 0 Å². The molecule has 2 aliphatic carbocycles. The van der Waals surface area contributed by atoms with Crippen LogP contribution in [0.2, 0.25) is 0 Å². The van der Waals surface area contributed by atoms with E-state index in [0.717, 1.165) is 56.6 Å². The summed E-state index contributed by atoms with van der Waals surface area (Å²) >= 11 is 0. The Bertz CT molecular complexity index is 821. The molecule has 4 nitrogen and oxygen atoms in total. The summed E-state index contributed by atoms with van der Waals surface area (Å²) in [6.45, 7) is 0.826. The van der Waals surface area contributed by atoms with Gasteiger partial charge in [0.15, 0.2) is 0 Å². The first-order chi connectivity index (χ1) is 13.6. The fraction of sp³-hybridized carbons (Fsp3) is 0.500. The Labute approximate surface area is 167 Å². The Kier molecular flexibility index (Phi) is 5.61. The molecule has 0 unspecified atom stereocenters. The van der Waals surface area contributed by atoms with Crippen LogP contribution in [0.15, 0.2) is 42.5 Å². The number of nitrogens with two attached hydrogens (primary N) is 1. The Morgan fingerprint density at radius 2 is 1.96 bits per heavy atom. The molecule has 0 bridgehead atoms. The number of methoxy groups -OCH3 is 1. The highest BCUT2D eigenvalue weighted by Crippen LogP contribution is 2.40. The number of aliphatic hydroxyl groups is 1. The number of hydrogen-bond donors (Lipinski definition) is 2. The van der Waals surface area contributed by atoms with Crippen LogP contribution in [0.25, 0.3) is 0 Å². The van der Waals surface area contributed by atoms with Crippen LogP contribution in [-0.4, -0.2) is 31.0 Å². The van der Waals surface area contributed by atoms with Gasteiger partial charge in [0.1, 0.15) is 11.5 Å². The van der Waals surface area contributed by atoms with Crippen molar-refractivity contribution in [3.8, 4) is 11.5 Å². The average molecular weight is 382 g/mol. The summed E-state index contributed by atoms with van der Waals surface area (Å²) in [5, 5.41) is 9.53. The van der Waals surface area contributed by atoms with Gasteiger partial charge in [-0.15, -0.1) is 0 Å². The number of benzene rings is 2. The lowest BCUT2D eigenvalue weighted by molar-refractivity contribution is 0.198. The predicted molar refractivity (Wildman–Crippen MR) is 111 cm³/mol. The molecule has 2 aliphatic rings. The summed E-state index contributed by atoms with van der Waals surface area (Å²) < 4.78 is 11.3. The quantitative estimate of drug-likeness (QED) is 0.798. The van der Waals surface area contributed by atoms with E-state index in [0.29, 0.717) is 11.8 Å².